The average molecular weight is 301 g/mol. The van der Waals surface area contributed by atoms with Crippen LogP contribution in [0, 0.1) is 0 Å². The van der Waals surface area contributed by atoms with Gasteiger partial charge in [0.1, 0.15) is 6.10 Å². The molecule has 4 rings (SSSR count). The van der Waals surface area contributed by atoms with Crippen molar-refractivity contribution < 1.29 is 9.53 Å². The Morgan fingerprint density at radius 3 is 2.95 bits per heavy atom. The number of hydrogen-bond donors (Lipinski definition) is 1. The van der Waals surface area contributed by atoms with E-state index in [4.69, 9.17) is 4.74 Å². The van der Waals surface area contributed by atoms with Crippen LogP contribution in [0.4, 0.5) is 0 Å². The van der Waals surface area contributed by atoms with Crippen molar-refractivity contribution in [1.29, 1.82) is 0 Å². The molecule has 1 aromatic heterocycles. The van der Waals surface area contributed by atoms with E-state index in [0.717, 1.165) is 45.3 Å². The summed E-state index contributed by atoms with van der Waals surface area (Å²) >= 11 is 0. The van der Waals surface area contributed by atoms with Gasteiger partial charge in [-0.15, -0.1) is 0 Å². The molecule has 3 aliphatic rings. The zero-order chi connectivity index (χ0) is 15.0. The van der Waals surface area contributed by atoms with Gasteiger partial charge in [0.15, 0.2) is 0 Å². The van der Waals surface area contributed by atoms with Crippen LogP contribution in [0.2, 0.25) is 0 Å². The van der Waals surface area contributed by atoms with Crippen molar-refractivity contribution in [2.45, 2.75) is 56.4 Å². The van der Waals surface area contributed by atoms with Gasteiger partial charge < -0.3 is 10.1 Å². The summed E-state index contributed by atoms with van der Waals surface area (Å²) in [5, 5.41) is 3.11. The first kappa shape index (κ1) is 14.2. The molecule has 5 heteroatoms. The number of ether oxygens (including phenoxy) is 1. The van der Waals surface area contributed by atoms with Gasteiger partial charge in [0, 0.05) is 38.1 Å². The predicted molar refractivity (Wildman–Crippen MR) is 82.1 cm³/mol. The maximum absolute atomic E-state index is 12.2. The molecule has 0 aromatic carbocycles. The number of nitrogens with zero attached hydrogens (tertiary/aromatic N) is 2. The average Bonchev–Trinajstić information content (AvgIpc) is 2.89. The molecule has 0 bridgehead atoms. The number of aromatic nitrogens is 1. The smallest absolute Gasteiger partial charge is 0.249 e. The molecular formula is C17H23N3O2. The Labute approximate surface area is 131 Å². The minimum atomic E-state index is -0.235. The third kappa shape index (κ3) is 2.75. The Balaban J connectivity index is 1.26. The van der Waals surface area contributed by atoms with Crippen molar-refractivity contribution in [3.63, 3.8) is 0 Å². The highest BCUT2D eigenvalue weighted by atomic mass is 16.5. The van der Waals surface area contributed by atoms with Gasteiger partial charge in [0.05, 0.1) is 5.60 Å². The number of likely N-dealkylation sites (tertiary alicyclic amines) is 1. The Bertz CT molecular complexity index is 538. The third-order valence-electron chi connectivity index (χ3n) is 5.15. The van der Waals surface area contributed by atoms with Gasteiger partial charge in [-0.2, -0.15) is 0 Å². The number of carbonyl (C=O) groups excluding carboxylic acids is 1. The van der Waals surface area contributed by atoms with E-state index in [1.807, 2.05) is 12.3 Å². The topological polar surface area (TPSA) is 54.5 Å². The quantitative estimate of drug-likeness (QED) is 0.915. The lowest BCUT2D eigenvalue weighted by Crippen LogP contribution is -2.61. The Morgan fingerprint density at radius 2 is 2.27 bits per heavy atom. The molecule has 1 saturated carbocycles. The first-order chi connectivity index (χ1) is 10.7. The van der Waals surface area contributed by atoms with E-state index in [1.165, 1.54) is 12.0 Å². The Hall–Kier alpha value is -1.46. The molecule has 0 radical (unpaired) electrons. The minimum Gasteiger partial charge on any atom is -0.359 e. The minimum absolute atomic E-state index is 0.0795. The van der Waals surface area contributed by atoms with E-state index in [0.29, 0.717) is 6.04 Å². The van der Waals surface area contributed by atoms with Gasteiger partial charge >= 0.3 is 0 Å². The molecule has 1 spiro atoms. The van der Waals surface area contributed by atoms with Crippen molar-refractivity contribution >= 4 is 5.91 Å². The molecule has 2 saturated heterocycles. The van der Waals surface area contributed by atoms with Crippen LogP contribution in [0.5, 0.6) is 0 Å². The summed E-state index contributed by atoms with van der Waals surface area (Å²) in [5.41, 5.74) is 1.15. The van der Waals surface area contributed by atoms with Gasteiger partial charge in [-0.05, 0) is 43.7 Å². The maximum atomic E-state index is 12.2. The van der Waals surface area contributed by atoms with Gasteiger partial charge in [-0.1, -0.05) is 6.07 Å². The number of hydrogen-bond acceptors (Lipinski definition) is 4. The maximum Gasteiger partial charge on any atom is 0.249 e. The normalized spacial score (nSPS) is 27.4. The number of carbonyl (C=O) groups is 1. The van der Waals surface area contributed by atoms with E-state index < -0.39 is 0 Å². The van der Waals surface area contributed by atoms with Crippen molar-refractivity contribution in [2.24, 2.45) is 0 Å². The lowest BCUT2D eigenvalue weighted by atomic mass is 9.90. The van der Waals surface area contributed by atoms with Crippen LogP contribution in [-0.4, -0.2) is 46.6 Å². The van der Waals surface area contributed by atoms with E-state index in [9.17, 15) is 4.79 Å². The Morgan fingerprint density at radius 1 is 1.41 bits per heavy atom. The fourth-order valence-corrected chi connectivity index (χ4v) is 3.71. The van der Waals surface area contributed by atoms with Crippen LogP contribution in [0.25, 0.3) is 0 Å². The summed E-state index contributed by atoms with van der Waals surface area (Å²) in [7, 11) is 0. The molecule has 1 N–H and O–H groups in total. The molecule has 1 aromatic rings. The summed E-state index contributed by atoms with van der Waals surface area (Å²) in [5.74, 6) is 0.104. The van der Waals surface area contributed by atoms with Crippen LogP contribution in [0.3, 0.4) is 0 Å². The monoisotopic (exact) mass is 301 g/mol. The molecule has 2 aliphatic heterocycles. The van der Waals surface area contributed by atoms with Crippen LogP contribution in [0.15, 0.2) is 24.5 Å². The van der Waals surface area contributed by atoms with Gasteiger partial charge in [-0.25, -0.2) is 0 Å². The Kier molecular flexibility index (Phi) is 3.62. The number of pyridine rings is 1. The second-order valence-electron chi connectivity index (χ2n) is 6.97. The predicted octanol–water partition coefficient (Wildman–Crippen LogP) is 1.48. The number of rotatable bonds is 4. The highest BCUT2D eigenvalue weighted by Gasteiger charge is 2.51. The molecular weight excluding hydrogens is 278 g/mol. The highest BCUT2D eigenvalue weighted by molar-refractivity contribution is 5.81. The SMILES string of the molecule is O=C(NC1CCC1)[C@H]1CCC2(CN(Cc3cccnc3)C2)O1. The summed E-state index contributed by atoms with van der Waals surface area (Å²) in [4.78, 5) is 18.7. The molecule has 1 aliphatic carbocycles. The van der Waals surface area contributed by atoms with E-state index >= 15 is 0 Å². The van der Waals surface area contributed by atoms with E-state index in [-0.39, 0.29) is 17.6 Å². The van der Waals surface area contributed by atoms with E-state index in [1.54, 1.807) is 6.20 Å². The van der Waals surface area contributed by atoms with Crippen LogP contribution in [-0.2, 0) is 16.1 Å². The summed E-state index contributed by atoms with van der Waals surface area (Å²) < 4.78 is 6.11. The van der Waals surface area contributed by atoms with Crippen molar-refractivity contribution in [2.75, 3.05) is 13.1 Å². The standard InChI is InChI=1S/C17H23N3O2/c21-16(19-14-4-1-5-14)15-6-7-17(22-15)11-20(12-17)10-13-3-2-8-18-9-13/h2-3,8-9,14-15H,1,4-7,10-12H2,(H,19,21)/t15-/m1/s1. The van der Waals surface area contributed by atoms with Crippen molar-refractivity contribution in [1.82, 2.24) is 15.2 Å². The highest BCUT2D eigenvalue weighted by Crippen LogP contribution is 2.39. The lowest BCUT2D eigenvalue weighted by molar-refractivity contribution is -0.158. The molecule has 118 valence electrons. The largest absolute Gasteiger partial charge is 0.359 e. The van der Waals surface area contributed by atoms with Crippen molar-refractivity contribution in [3.05, 3.63) is 30.1 Å². The molecule has 1 amide bonds. The molecule has 3 heterocycles. The zero-order valence-electron chi connectivity index (χ0n) is 12.8. The molecule has 3 fully saturated rings. The third-order valence-corrected chi connectivity index (χ3v) is 5.15. The first-order valence-electron chi connectivity index (χ1n) is 8.32. The molecule has 0 unspecified atom stereocenters. The second kappa shape index (κ2) is 5.63. The fourth-order valence-electron chi connectivity index (χ4n) is 3.71. The van der Waals surface area contributed by atoms with Crippen LogP contribution >= 0.6 is 0 Å². The summed E-state index contributed by atoms with van der Waals surface area (Å²) in [6.07, 6.45) is 8.83. The van der Waals surface area contributed by atoms with Gasteiger partial charge in [0.25, 0.3) is 0 Å². The first-order valence-corrected chi connectivity index (χ1v) is 8.32. The number of nitrogens with one attached hydrogen (secondary N) is 1. The van der Waals surface area contributed by atoms with Crippen molar-refractivity contribution in [3.8, 4) is 0 Å². The molecule has 5 nitrogen and oxygen atoms in total. The van der Waals surface area contributed by atoms with Crippen LogP contribution < -0.4 is 5.32 Å². The summed E-state index contributed by atoms with van der Waals surface area (Å²) in [6.45, 7) is 2.77. The summed E-state index contributed by atoms with van der Waals surface area (Å²) in [6, 6.07) is 4.47. The fraction of sp³-hybridized carbons (Fsp3) is 0.647. The number of amides is 1. The second-order valence-corrected chi connectivity index (χ2v) is 6.97. The van der Waals surface area contributed by atoms with E-state index in [2.05, 4.69) is 21.3 Å². The van der Waals surface area contributed by atoms with Gasteiger partial charge in [-0.3, -0.25) is 14.7 Å². The van der Waals surface area contributed by atoms with Crippen LogP contribution in [0.1, 0.15) is 37.7 Å². The van der Waals surface area contributed by atoms with Gasteiger partial charge in [0.2, 0.25) is 5.91 Å². The molecule has 22 heavy (non-hydrogen) atoms. The molecule has 1 atom stereocenters. The zero-order valence-corrected chi connectivity index (χ0v) is 12.8. The lowest BCUT2D eigenvalue weighted by Gasteiger charge is -2.47.